The van der Waals surface area contributed by atoms with Crippen LogP contribution in [-0.4, -0.2) is 60.0 Å². The maximum atomic E-state index is 12.8. The summed E-state index contributed by atoms with van der Waals surface area (Å²) in [7, 11) is 1.55. The van der Waals surface area contributed by atoms with Gasteiger partial charge in [-0.15, -0.1) is 0 Å². The molecule has 1 saturated heterocycles. The number of hydrogen-bond acceptors (Lipinski definition) is 4. The summed E-state index contributed by atoms with van der Waals surface area (Å²) in [5.74, 6) is 0.424. The zero-order valence-corrected chi connectivity index (χ0v) is 15.2. The molecule has 2 aromatic rings. The maximum absolute atomic E-state index is 12.8. The van der Waals surface area contributed by atoms with Crippen molar-refractivity contribution in [2.24, 2.45) is 0 Å². The summed E-state index contributed by atoms with van der Waals surface area (Å²) in [6.45, 7) is 3.38. The molecule has 5 heteroatoms. The molecule has 1 fully saturated rings. The predicted octanol–water partition coefficient (Wildman–Crippen LogP) is 2.41. The third-order valence-corrected chi connectivity index (χ3v) is 5.63. The van der Waals surface area contributed by atoms with Gasteiger partial charge >= 0.3 is 0 Å². The highest BCUT2D eigenvalue weighted by Crippen LogP contribution is 2.25. The summed E-state index contributed by atoms with van der Waals surface area (Å²) >= 11 is 0. The Kier molecular flexibility index (Phi) is 4.89. The summed E-state index contributed by atoms with van der Waals surface area (Å²) in [5, 5.41) is 0. The minimum absolute atomic E-state index is 0.0172. The number of carbonyl (C=O) groups is 1. The average molecular weight is 351 g/mol. The standard InChI is InChI=1S/C21H25N3O2/c1-26-20-19(7-4-10-22-20)21(25)24-13-11-23(12-14-24)18-9-8-16-5-2-3-6-17(16)15-18/h2-7,10,18H,8-9,11-15H2,1H3. The summed E-state index contributed by atoms with van der Waals surface area (Å²) in [6.07, 6.45) is 5.14. The molecular weight excluding hydrogens is 326 g/mol. The second kappa shape index (κ2) is 7.46. The topological polar surface area (TPSA) is 45.7 Å². The molecule has 4 rings (SSSR count). The number of carbonyl (C=O) groups excluding carboxylic acids is 1. The zero-order valence-electron chi connectivity index (χ0n) is 15.2. The molecule has 1 amide bonds. The van der Waals surface area contributed by atoms with E-state index in [9.17, 15) is 4.79 Å². The number of benzene rings is 1. The van der Waals surface area contributed by atoms with Crippen molar-refractivity contribution in [3.8, 4) is 5.88 Å². The van der Waals surface area contributed by atoms with Gasteiger partial charge in [-0.2, -0.15) is 0 Å². The fourth-order valence-electron chi connectivity index (χ4n) is 4.17. The van der Waals surface area contributed by atoms with E-state index >= 15 is 0 Å². The Morgan fingerprint density at radius 2 is 1.85 bits per heavy atom. The van der Waals surface area contributed by atoms with E-state index in [2.05, 4.69) is 34.1 Å². The van der Waals surface area contributed by atoms with Crippen molar-refractivity contribution in [3.63, 3.8) is 0 Å². The second-order valence-electron chi connectivity index (χ2n) is 7.05. The van der Waals surface area contributed by atoms with E-state index in [1.165, 1.54) is 17.5 Å². The van der Waals surface area contributed by atoms with Crippen LogP contribution in [0.5, 0.6) is 5.88 Å². The van der Waals surface area contributed by atoms with Crippen LogP contribution in [-0.2, 0) is 12.8 Å². The fraction of sp³-hybridized carbons (Fsp3) is 0.429. The summed E-state index contributed by atoms with van der Waals surface area (Å²) in [4.78, 5) is 21.4. The Hall–Kier alpha value is -2.40. The van der Waals surface area contributed by atoms with Crippen LogP contribution in [0.3, 0.4) is 0 Å². The Morgan fingerprint density at radius 3 is 2.62 bits per heavy atom. The molecule has 0 spiro atoms. The van der Waals surface area contributed by atoms with Gasteiger partial charge in [-0.25, -0.2) is 4.98 Å². The number of amides is 1. The molecule has 1 aliphatic heterocycles. The highest BCUT2D eigenvalue weighted by Gasteiger charge is 2.29. The van der Waals surface area contributed by atoms with Gasteiger partial charge in [0, 0.05) is 38.4 Å². The van der Waals surface area contributed by atoms with Gasteiger partial charge in [0.2, 0.25) is 5.88 Å². The Bertz CT molecular complexity index is 784. The van der Waals surface area contributed by atoms with Crippen molar-refractivity contribution >= 4 is 5.91 Å². The molecular formula is C21H25N3O2. The molecule has 2 heterocycles. The van der Waals surface area contributed by atoms with Crippen molar-refractivity contribution < 1.29 is 9.53 Å². The quantitative estimate of drug-likeness (QED) is 0.852. The molecule has 1 atom stereocenters. The molecule has 0 N–H and O–H groups in total. The highest BCUT2D eigenvalue weighted by molar-refractivity contribution is 5.96. The minimum Gasteiger partial charge on any atom is -0.480 e. The summed E-state index contributed by atoms with van der Waals surface area (Å²) in [5.41, 5.74) is 3.54. The molecule has 0 bridgehead atoms. The minimum atomic E-state index is 0.0172. The van der Waals surface area contributed by atoms with Crippen molar-refractivity contribution in [2.75, 3.05) is 33.3 Å². The highest BCUT2D eigenvalue weighted by atomic mass is 16.5. The number of rotatable bonds is 3. The van der Waals surface area contributed by atoms with Gasteiger partial charge in [0.1, 0.15) is 5.56 Å². The van der Waals surface area contributed by atoms with Crippen LogP contribution >= 0.6 is 0 Å². The average Bonchev–Trinajstić information content (AvgIpc) is 2.73. The largest absolute Gasteiger partial charge is 0.480 e. The van der Waals surface area contributed by atoms with Crippen LogP contribution in [0.2, 0.25) is 0 Å². The molecule has 1 aromatic heterocycles. The lowest BCUT2D eigenvalue weighted by Gasteiger charge is -2.41. The molecule has 0 saturated carbocycles. The molecule has 0 radical (unpaired) electrons. The van der Waals surface area contributed by atoms with Crippen LogP contribution in [0, 0.1) is 0 Å². The van der Waals surface area contributed by atoms with Crippen molar-refractivity contribution in [2.45, 2.75) is 25.3 Å². The van der Waals surface area contributed by atoms with Crippen molar-refractivity contribution in [1.82, 2.24) is 14.8 Å². The van der Waals surface area contributed by atoms with E-state index in [1.54, 1.807) is 25.4 Å². The lowest BCUT2D eigenvalue weighted by atomic mass is 9.87. The van der Waals surface area contributed by atoms with E-state index in [0.717, 1.165) is 39.0 Å². The Balaban J connectivity index is 1.38. The number of fused-ring (bicyclic) bond motifs is 1. The first kappa shape index (κ1) is 17.0. The Labute approximate surface area is 154 Å². The smallest absolute Gasteiger partial charge is 0.259 e. The molecule has 136 valence electrons. The van der Waals surface area contributed by atoms with Crippen molar-refractivity contribution in [1.29, 1.82) is 0 Å². The first-order chi connectivity index (χ1) is 12.8. The zero-order chi connectivity index (χ0) is 17.9. The molecule has 1 unspecified atom stereocenters. The van der Waals surface area contributed by atoms with Gasteiger partial charge in [-0.3, -0.25) is 9.69 Å². The number of methoxy groups -OCH3 is 1. The van der Waals surface area contributed by atoms with Gasteiger partial charge in [0.15, 0.2) is 0 Å². The maximum Gasteiger partial charge on any atom is 0.259 e. The SMILES string of the molecule is COc1ncccc1C(=O)N1CCN(C2CCc3ccccc3C2)CC1. The monoisotopic (exact) mass is 351 g/mol. The third kappa shape index (κ3) is 3.31. The van der Waals surface area contributed by atoms with E-state index in [-0.39, 0.29) is 5.91 Å². The molecule has 26 heavy (non-hydrogen) atoms. The van der Waals surface area contributed by atoms with Gasteiger partial charge in [0.25, 0.3) is 5.91 Å². The van der Waals surface area contributed by atoms with Gasteiger partial charge in [-0.1, -0.05) is 24.3 Å². The number of nitrogens with zero attached hydrogens (tertiary/aromatic N) is 3. The van der Waals surface area contributed by atoms with Gasteiger partial charge < -0.3 is 9.64 Å². The molecule has 2 aliphatic rings. The lowest BCUT2D eigenvalue weighted by Crippen LogP contribution is -2.53. The van der Waals surface area contributed by atoms with Crippen LogP contribution in [0.1, 0.15) is 27.9 Å². The first-order valence-electron chi connectivity index (χ1n) is 9.35. The summed E-state index contributed by atoms with van der Waals surface area (Å²) in [6, 6.07) is 13.0. The van der Waals surface area contributed by atoms with Gasteiger partial charge in [-0.05, 0) is 42.5 Å². The Morgan fingerprint density at radius 1 is 1.08 bits per heavy atom. The van der Waals surface area contributed by atoms with Crippen LogP contribution in [0.25, 0.3) is 0 Å². The molecule has 1 aliphatic carbocycles. The first-order valence-corrected chi connectivity index (χ1v) is 9.35. The van der Waals surface area contributed by atoms with Crippen LogP contribution in [0.4, 0.5) is 0 Å². The number of aryl methyl sites for hydroxylation is 1. The number of piperazine rings is 1. The second-order valence-corrected chi connectivity index (χ2v) is 7.05. The normalized spacial score (nSPS) is 20.5. The van der Waals surface area contributed by atoms with E-state index in [4.69, 9.17) is 4.74 Å². The molecule has 1 aromatic carbocycles. The van der Waals surface area contributed by atoms with E-state index in [0.29, 0.717) is 17.5 Å². The number of pyridine rings is 1. The van der Waals surface area contributed by atoms with Crippen LogP contribution in [0.15, 0.2) is 42.6 Å². The van der Waals surface area contributed by atoms with Gasteiger partial charge in [0.05, 0.1) is 7.11 Å². The van der Waals surface area contributed by atoms with E-state index in [1.807, 2.05) is 4.90 Å². The lowest BCUT2D eigenvalue weighted by molar-refractivity contribution is 0.0549. The van der Waals surface area contributed by atoms with Crippen molar-refractivity contribution in [3.05, 3.63) is 59.3 Å². The fourth-order valence-corrected chi connectivity index (χ4v) is 4.17. The molecule has 5 nitrogen and oxygen atoms in total. The number of hydrogen-bond donors (Lipinski definition) is 0. The number of aromatic nitrogens is 1. The predicted molar refractivity (Wildman–Crippen MR) is 101 cm³/mol. The van der Waals surface area contributed by atoms with Crippen LogP contribution < -0.4 is 4.74 Å². The third-order valence-electron chi connectivity index (χ3n) is 5.63. The number of ether oxygens (including phenoxy) is 1. The summed E-state index contributed by atoms with van der Waals surface area (Å²) < 4.78 is 5.24. The van der Waals surface area contributed by atoms with E-state index < -0.39 is 0 Å².